The van der Waals surface area contributed by atoms with Crippen molar-refractivity contribution < 1.29 is 4.79 Å². The molecule has 0 bridgehead atoms. The van der Waals surface area contributed by atoms with Crippen LogP contribution in [0.5, 0.6) is 0 Å². The van der Waals surface area contributed by atoms with E-state index in [9.17, 15) is 4.79 Å². The molecule has 7 heteroatoms. The van der Waals surface area contributed by atoms with Gasteiger partial charge in [-0.15, -0.1) is 5.10 Å². The molecule has 0 atom stereocenters. The average molecular weight is 246 g/mol. The van der Waals surface area contributed by atoms with Gasteiger partial charge in [0.2, 0.25) is 5.91 Å². The Balaban J connectivity index is 1.82. The number of rotatable bonds is 5. The highest BCUT2D eigenvalue weighted by Crippen LogP contribution is 1.95. The molecule has 2 heterocycles. The Labute approximate surface area is 104 Å². The zero-order valence-electron chi connectivity index (χ0n) is 9.78. The van der Waals surface area contributed by atoms with Crippen LogP contribution < -0.4 is 11.1 Å². The van der Waals surface area contributed by atoms with Gasteiger partial charge in [-0.1, -0.05) is 11.3 Å². The highest BCUT2D eigenvalue weighted by Gasteiger charge is 2.05. The van der Waals surface area contributed by atoms with E-state index in [1.807, 2.05) is 12.1 Å². The summed E-state index contributed by atoms with van der Waals surface area (Å²) in [5.41, 5.74) is 7.02. The summed E-state index contributed by atoms with van der Waals surface area (Å²) < 4.78 is 1.46. The van der Waals surface area contributed by atoms with E-state index < -0.39 is 0 Å². The lowest BCUT2D eigenvalue weighted by Gasteiger charge is -2.04. The van der Waals surface area contributed by atoms with Gasteiger partial charge in [0.25, 0.3) is 0 Å². The number of aromatic nitrogens is 4. The molecule has 0 radical (unpaired) electrons. The van der Waals surface area contributed by atoms with Crippen molar-refractivity contribution in [3.8, 4) is 0 Å². The zero-order chi connectivity index (χ0) is 12.8. The van der Waals surface area contributed by atoms with E-state index >= 15 is 0 Å². The molecule has 18 heavy (non-hydrogen) atoms. The average Bonchev–Trinajstić information content (AvgIpc) is 2.85. The van der Waals surface area contributed by atoms with Crippen LogP contribution in [0.25, 0.3) is 0 Å². The molecule has 0 aromatic carbocycles. The number of pyridine rings is 1. The topological polar surface area (TPSA) is 98.7 Å². The molecular formula is C11H14N6O. The number of hydrogen-bond donors (Lipinski definition) is 2. The lowest BCUT2D eigenvalue weighted by molar-refractivity contribution is -0.122. The van der Waals surface area contributed by atoms with Crippen LogP contribution >= 0.6 is 0 Å². The molecule has 0 unspecified atom stereocenters. The van der Waals surface area contributed by atoms with Crippen molar-refractivity contribution in [3.63, 3.8) is 0 Å². The fourth-order valence-electron chi connectivity index (χ4n) is 1.42. The first kappa shape index (κ1) is 12.2. The summed E-state index contributed by atoms with van der Waals surface area (Å²) in [5.74, 6) is -0.132. The summed E-state index contributed by atoms with van der Waals surface area (Å²) in [6.07, 6.45) is 5.06. The fourth-order valence-corrected chi connectivity index (χ4v) is 1.42. The summed E-state index contributed by atoms with van der Waals surface area (Å²) in [7, 11) is 0. The molecule has 0 aliphatic heterocycles. The number of nitrogens with one attached hydrogen (secondary N) is 1. The van der Waals surface area contributed by atoms with E-state index in [-0.39, 0.29) is 12.5 Å². The third-order valence-electron chi connectivity index (χ3n) is 2.31. The molecule has 94 valence electrons. The largest absolute Gasteiger partial charge is 0.350 e. The van der Waals surface area contributed by atoms with Gasteiger partial charge in [-0.25, -0.2) is 4.68 Å². The van der Waals surface area contributed by atoms with Crippen molar-refractivity contribution in [1.29, 1.82) is 0 Å². The second kappa shape index (κ2) is 5.87. The molecule has 0 spiro atoms. The summed E-state index contributed by atoms with van der Waals surface area (Å²) in [4.78, 5) is 15.6. The van der Waals surface area contributed by atoms with Gasteiger partial charge in [-0.05, 0) is 11.6 Å². The van der Waals surface area contributed by atoms with E-state index in [2.05, 4.69) is 20.6 Å². The lowest BCUT2D eigenvalue weighted by atomic mass is 10.3. The number of nitrogens with zero attached hydrogens (tertiary/aromatic N) is 4. The van der Waals surface area contributed by atoms with Gasteiger partial charge in [0.05, 0.1) is 11.9 Å². The van der Waals surface area contributed by atoms with Crippen LogP contribution in [0.2, 0.25) is 0 Å². The van der Waals surface area contributed by atoms with Gasteiger partial charge >= 0.3 is 0 Å². The number of carbonyl (C=O) groups is 1. The van der Waals surface area contributed by atoms with Crippen LogP contribution in [0.15, 0.2) is 30.7 Å². The molecule has 1 amide bonds. The second-order valence-electron chi connectivity index (χ2n) is 3.75. The number of amides is 1. The Morgan fingerprint density at radius 1 is 1.50 bits per heavy atom. The third-order valence-corrected chi connectivity index (χ3v) is 2.31. The van der Waals surface area contributed by atoms with Crippen LogP contribution in [0.3, 0.4) is 0 Å². The molecule has 0 saturated heterocycles. The van der Waals surface area contributed by atoms with Gasteiger partial charge in [0, 0.05) is 25.5 Å². The minimum Gasteiger partial charge on any atom is -0.350 e. The van der Waals surface area contributed by atoms with Crippen LogP contribution in [-0.4, -0.2) is 25.9 Å². The van der Waals surface area contributed by atoms with Crippen molar-refractivity contribution in [2.75, 3.05) is 0 Å². The van der Waals surface area contributed by atoms with Gasteiger partial charge in [0.1, 0.15) is 6.54 Å². The summed E-state index contributed by atoms with van der Waals surface area (Å²) in [5, 5.41) is 10.4. The molecule has 0 saturated carbocycles. The fraction of sp³-hybridized carbons (Fsp3) is 0.273. The van der Waals surface area contributed by atoms with Gasteiger partial charge < -0.3 is 11.1 Å². The number of carbonyl (C=O) groups excluding carboxylic acids is 1. The Morgan fingerprint density at radius 3 is 3.06 bits per heavy atom. The second-order valence-corrected chi connectivity index (χ2v) is 3.75. The first-order valence-electron chi connectivity index (χ1n) is 5.52. The van der Waals surface area contributed by atoms with Crippen LogP contribution in [0.4, 0.5) is 0 Å². The maximum Gasteiger partial charge on any atom is 0.242 e. The Morgan fingerprint density at radius 2 is 2.39 bits per heavy atom. The first-order chi connectivity index (χ1) is 8.78. The summed E-state index contributed by atoms with van der Waals surface area (Å²) in [6.45, 7) is 0.898. The highest BCUT2D eigenvalue weighted by molar-refractivity contribution is 5.75. The minimum absolute atomic E-state index is 0.132. The SMILES string of the molecule is NCc1cn(CC(=O)NCc2cccnc2)nn1. The molecule has 2 rings (SSSR count). The van der Waals surface area contributed by atoms with Gasteiger partial charge in [0.15, 0.2) is 0 Å². The van der Waals surface area contributed by atoms with E-state index in [4.69, 9.17) is 5.73 Å². The maximum atomic E-state index is 11.6. The molecular weight excluding hydrogens is 232 g/mol. The van der Waals surface area contributed by atoms with Crippen molar-refractivity contribution in [2.45, 2.75) is 19.6 Å². The summed E-state index contributed by atoms with van der Waals surface area (Å²) >= 11 is 0. The van der Waals surface area contributed by atoms with E-state index in [1.54, 1.807) is 18.6 Å². The zero-order valence-corrected chi connectivity index (χ0v) is 9.78. The van der Waals surface area contributed by atoms with E-state index in [0.29, 0.717) is 18.8 Å². The summed E-state index contributed by atoms with van der Waals surface area (Å²) in [6, 6.07) is 3.72. The maximum absolute atomic E-state index is 11.6. The molecule has 0 aliphatic carbocycles. The molecule has 2 aromatic rings. The standard InChI is InChI=1S/C11H14N6O/c12-4-10-7-17(16-15-10)8-11(18)14-6-9-2-1-3-13-5-9/h1-3,5,7H,4,6,8,12H2,(H,14,18). The van der Waals surface area contributed by atoms with Crippen LogP contribution in [-0.2, 0) is 24.4 Å². The van der Waals surface area contributed by atoms with E-state index in [1.165, 1.54) is 4.68 Å². The highest BCUT2D eigenvalue weighted by atomic mass is 16.2. The van der Waals surface area contributed by atoms with Crippen molar-refractivity contribution in [2.24, 2.45) is 5.73 Å². The van der Waals surface area contributed by atoms with Crippen molar-refractivity contribution in [3.05, 3.63) is 42.0 Å². The molecule has 2 aromatic heterocycles. The molecule has 3 N–H and O–H groups in total. The number of hydrogen-bond acceptors (Lipinski definition) is 5. The van der Waals surface area contributed by atoms with Crippen molar-refractivity contribution >= 4 is 5.91 Å². The minimum atomic E-state index is -0.132. The Kier molecular flexibility index (Phi) is 3.98. The Bertz CT molecular complexity index is 509. The predicted molar refractivity (Wildman–Crippen MR) is 64.0 cm³/mol. The smallest absolute Gasteiger partial charge is 0.242 e. The number of nitrogens with two attached hydrogens (primary N) is 1. The monoisotopic (exact) mass is 246 g/mol. The molecule has 0 fully saturated rings. The lowest BCUT2D eigenvalue weighted by Crippen LogP contribution is -2.27. The van der Waals surface area contributed by atoms with Gasteiger partial charge in [-0.3, -0.25) is 9.78 Å². The molecule has 0 aliphatic rings. The quantitative estimate of drug-likeness (QED) is 0.737. The van der Waals surface area contributed by atoms with Crippen molar-refractivity contribution in [1.82, 2.24) is 25.3 Å². The Hall–Kier alpha value is -2.28. The van der Waals surface area contributed by atoms with E-state index in [0.717, 1.165) is 5.56 Å². The first-order valence-corrected chi connectivity index (χ1v) is 5.52. The van der Waals surface area contributed by atoms with Crippen LogP contribution in [0.1, 0.15) is 11.3 Å². The molecule has 7 nitrogen and oxygen atoms in total. The third kappa shape index (κ3) is 3.36. The van der Waals surface area contributed by atoms with Crippen LogP contribution in [0, 0.1) is 0 Å². The van der Waals surface area contributed by atoms with Gasteiger partial charge in [-0.2, -0.15) is 0 Å². The normalized spacial score (nSPS) is 10.3. The predicted octanol–water partition coefficient (Wildman–Crippen LogP) is -0.552.